The Morgan fingerprint density at radius 3 is 1.67 bits per heavy atom. The van der Waals surface area contributed by atoms with E-state index in [4.69, 9.17) is 0 Å². The summed E-state index contributed by atoms with van der Waals surface area (Å²) >= 11 is 8.16. The van der Waals surface area contributed by atoms with Crippen LogP contribution in [0.25, 0.3) is 0 Å². The highest BCUT2D eigenvalue weighted by molar-refractivity contribution is 7.79. The molecule has 0 N–H and O–H groups in total. The van der Waals surface area contributed by atoms with Crippen LogP contribution in [0.15, 0.2) is 0 Å². The van der Waals surface area contributed by atoms with E-state index in [0.29, 0.717) is 0 Å². The molecule has 0 aliphatic heterocycles. The van der Waals surface area contributed by atoms with Gasteiger partial charge in [-0.05, 0) is 17.9 Å². The van der Waals surface area contributed by atoms with Crippen LogP contribution in [0, 0.1) is 0 Å². The Balaban J connectivity index is 0. The van der Waals surface area contributed by atoms with E-state index < -0.39 is 0 Å². The van der Waals surface area contributed by atoms with Gasteiger partial charge in [0.2, 0.25) is 5.24 Å². The molecule has 0 rings (SSSR count). The third-order valence-corrected chi connectivity index (χ3v) is 0. The van der Waals surface area contributed by atoms with Gasteiger partial charge in [0.1, 0.15) is 0 Å². The van der Waals surface area contributed by atoms with Gasteiger partial charge in [-0.25, -0.2) is 0 Å². The van der Waals surface area contributed by atoms with Crippen molar-refractivity contribution in [3.05, 3.63) is 0 Å². The highest BCUT2D eigenvalue weighted by Gasteiger charge is 1.67. The third kappa shape index (κ3) is 491. The fourth-order valence-electron chi connectivity index (χ4n) is 0. The summed E-state index contributed by atoms with van der Waals surface area (Å²) in [6, 6.07) is 0. The highest BCUT2D eigenvalue weighted by Crippen LogP contribution is 1.67. The fourth-order valence-corrected chi connectivity index (χ4v) is 0. The Kier molecular flexibility index (Phi) is 14.4. The molecule has 0 aromatic carbocycles. The fraction of sp³-hybridized carbons (Fsp3) is 0.667. The summed E-state index contributed by atoms with van der Waals surface area (Å²) < 4.78 is 0. The van der Waals surface area contributed by atoms with E-state index in [1.807, 2.05) is 0 Å². The molecule has 0 radical (unpaired) electrons. The van der Waals surface area contributed by atoms with Gasteiger partial charge in [0.25, 0.3) is 0 Å². The molecule has 38 valence electrons. The van der Waals surface area contributed by atoms with Gasteiger partial charge in [0, 0.05) is 6.92 Å². The second-order valence-electron chi connectivity index (χ2n) is 0.470. The number of carbonyl (C=O) groups is 1. The average Bonchev–Trinajstić information content (AvgIpc) is 1.41. The number of hydrogen-bond donors (Lipinski definition) is 1. The van der Waals surface area contributed by atoms with E-state index in [-0.39, 0.29) is 5.24 Å². The van der Waals surface area contributed by atoms with Crippen LogP contribution in [-0.2, 0) is 4.79 Å². The van der Waals surface area contributed by atoms with E-state index in [9.17, 15) is 4.79 Å². The number of halogens is 1. The van der Waals surface area contributed by atoms with Crippen molar-refractivity contribution < 1.29 is 4.79 Å². The largest absolute Gasteiger partial charge is 0.282 e. The molecule has 0 saturated carbocycles. The highest BCUT2D eigenvalue weighted by atomic mass is 35.5. The van der Waals surface area contributed by atoms with Crippen LogP contribution in [-0.4, -0.2) is 11.5 Å². The number of carbonyl (C=O) groups excluding carboxylic acids is 1. The maximum absolute atomic E-state index is 9.21. The van der Waals surface area contributed by atoms with Crippen molar-refractivity contribution >= 4 is 29.5 Å². The van der Waals surface area contributed by atoms with Gasteiger partial charge < -0.3 is 0 Å². The van der Waals surface area contributed by atoms with Crippen molar-refractivity contribution in [2.75, 3.05) is 6.26 Å². The minimum absolute atomic E-state index is 0.361. The van der Waals surface area contributed by atoms with Crippen molar-refractivity contribution in [3.8, 4) is 0 Å². The zero-order valence-electron chi connectivity index (χ0n) is 3.73. The molecule has 0 unspecified atom stereocenters. The molecule has 0 heterocycles. The average molecular weight is 127 g/mol. The quantitative estimate of drug-likeness (QED) is 0.383. The van der Waals surface area contributed by atoms with Crippen molar-refractivity contribution in [2.45, 2.75) is 6.92 Å². The molecule has 0 aliphatic carbocycles. The summed E-state index contributed by atoms with van der Waals surface area (Å²) in [5, 5.41) is -0.361. The van der Waals surface area contributed by atoms with Crippen LogP contribution in [0.1, 0.15) is 6.92 Å². The van der Waals surface area contributed by atoms with Gasteiger partial charge in [-0.1, -0.05) is 0 Å². The van der Waals surface area contributed by atoms with Crippen molar-refractivity contribution in [1.29, 1.82) is 0 Å². The van der Waals surface area contributed by atoms with Gasteiger partial charge in [-0.3, -0.25) is 4.79 Å². The van der Waals surface area contributed by atoms with Crippen LogP contribution in [0.5, 0.6) is 0 Å². The molecule has 6 heavy (non-hydrogen) atoms. The molecule has 0 atom stereocenters. The molecule has 0 amide bonds. The van der Waals surface area contributed by atoms with E-state index in [1.54, 1.807) is 6.26 Å². The lowest BCUT2D eigenvalue weighted by Gasteiger charge is -1.52. The molecule has 3 heteroatoms. The third-order valence-electron chi connectivity index (χ3n) is 0. The molecule has 0 spiro atoms. The molecule has 1 nitrogen and oxygen atoms in total. The summed E-state index contributed by atoms with van der Waals surface area (Å²) in [4.78, 5) is 9.21. The van der Waals surface area contributed by atoms with E-state index in [0.717, 1.165) is 0 Å². The molecular weight excluding hydrogens is 120 g/mol. The first-order valence-electron chi connectivity index (χ1n) is 1.34. The van der Waals surface area contributed by atoms with Crippen molar-refractivity contribution in [2.24, 2.45) is 0 Å². The first kappa shape index (κ1) is 9.58. The summed E-state index contributed by atoms with van der Waals surface area (Å²) in [5.74, 6) is 0. The zero-order chi connectivity index (χ0) is 5.58. The molecule has 0 aromatic rings. The topological polar surface area (TPSA) is 17.1 Å². The molecule has 0 aromatic heterocycles. The molecule has 0 bridgehead atoms. The minimum atomic E-state index is -0.361. The lowest BCUT2D eigenvalue weighted by molar-refractivity contribution is -0.109. The Bertz CT molecular complexity index is 33.8. The number of rotatable bonds is 0. The minimum Gasteiger partial charge on any atom is -0.282 e. The first-order chi connectivity index (χ1) is 2.73. The summed E-state index contributed by atoms with van der Waals surface area (Å²) in [7, 11) is 0. The van der Waals surface area contributed by atoms with Crippen LogP contribution in [0.3, 0.4) is 0 Å². The van der Waals surface area contributed by atoms with Crippen LogP contribution < -0.4 is 0 Å². The van der Waals surface area contributed by atoms with Crippen molar-refractivity contribution in [3.63, 3.8) is 0 Å². The van der Waals surface area contributed by atoms with Crippen LogP contribution in [0.4, 0.5) is 0 Å². The molecular formula is C3H7ClOS. The Labute approximate surface area is 48.1 Å². The molecule has 0 fully saturated rings. The standard InChI is InChI=1S/C2H3ClO.CH4S/c1-2(3)4;1-2/h1H3;2H,1H3. The monoisotopic (exact) mass is 126 g/mol. The van der Waals surface area contributed by atoms with E-state index in [1.165, 1.54) is 6.92 Å². The summed E-state index contributed by atoms with van der Waals surface area (Å²) in [6.07, 6.45) is 1.69. The maximum Gasteiger partial charge on any atom is 0.218 e. The molecule has 0 aliphatic rings. The SMILES string of the molecule is CC(=O)Cl.CS. The number of thiol groups is 1. The lowest BCUT2D eigenvalue weighted by atomic mass is 10.9. The van der Waals surface area contributed by atoms with Gasteiger partial charge >= 0.3 is 0 Å². The van der Waals surface area contributed by atoms with Gasteiger partial charge in [0.05, 0.1) is 0 Å². The van der Waals surface area contributed by atoms with Crippen molar-refractivity contribution in [1.82, 2.24) is 0 Å². The second kappa shape index (κ2) is 9.00. The lowest BCUT2D eigenvalue weighted by Crippen LogP contribution is -1.62. The second-order valence-corrected chi connectivity index (χ2v) is 1.00. The Morgan fingerprint density at radius 1 is 1.67 bits per heavy atom. The van der Waals surface area contributed by atoms with Gasteiger partial charge in [-0.2, -0.15) is 12.6 Å². The Morgan fingerprint density at radius 2 is 1.67 bits per heavy atom. The molecule has 0 saturated heterocycles. The van der Waals surface area contributed by atoms with E-state index >= 15 is 0 Å². The predicted molar refractivity (Wildman–Crippen MR) is 31.4 cm³/mol. The smallest absolute Gasteiger partial charge is 0.218 e. The summed E-state index contributed by atoms with van der Waals surface area (Å²) in [5.41, 5.74) is 0. The first-order valence-corrected chi connectivity index (χ1v) is 2.61. The van der Waals surface area contributed by atoms with Gasteiger partial charge in [0.15, 0.2) is 0 Å². The summed E-state index contributed by atoms with van der Waals surface area (Å²) in [6.45, 7) is 1.29. The predicted octanol–water partition coefficient (Wildman–Crippen LogP) is 1.32. The van der Waals surface area contributed by atoms with Gasteiger partial charge in [-0.15, -0.1) is 0 Å². The van der Waals surface area contributed by atoms with E-state index in [2.05, 4.69) is 24.2 Å². The number of hydrogen-bond acceptors (Lipinski definition) is 2. The van der Waals surface area contributed by atoms with Crippen LogP contribution >= 0.6 is 24.2 Å². The van der Waals surface area contributed by atoms with Crippen LogP contribution in [0.2, 0.25) is 0 Å². The maximum atomic E-state index is 9.21. The normalized spacial score (nSPS) is 5.33. The Hall–Kier alpha value is 0.310. The zero-order valence-corrected chi connectivity index (χ0v) is 5.38.